The Morgan fingerprint density at radius 2 is 2.53 bits per heavy atom. The average molecular weight is 230 g/mol. The van der Waals surface area contributed by atoms with E-state index in [-0.39, 0.29) is 0 Å². The summed E-state index contributed by atoms with van der Waals surface area (Å²) in [6.45, 7) is 3.97. The molecule has 17 heavy (non-hydrogen) atoms. The van der Waals surface area contributed by atoms with Crippen LogP contribution in [0.1, 0.15) is 18.4 Å². The molecule has 4 nitrogen and oxygen atoms in total. The van der Waals surface area contributed by atoms with E-state index >= 15 is 0 Å². The Bertz CT molecular complexity index is 371. The van der Waals surface area contributed by atoms with Crippen LogP contribution < -0.4 is 5.32 Å². The van der Waals surface area contributed by atoms with Crippen LogP contribution in [0.2, 0.25) is 0 Å². The van der Waals surface area contributed by atoms with Gasteiger partial charge in [-0.1, -0.05) is 6.07 Å². The molecule has 4 heteroatoms. The number of hydrogen-bond donors (Lipinski definition) is 1. The Kier molecular flexibility index (Phi) is 4.48. The highest BCUT2D eigenvalue weighted by molar-refractivity contribution is 5.08. The van der Waals surface area contributed by atoms with Crippen molar-refractivity contribution in [2.75, 3.05) is 19.6 Å². The van der Waals surface area contributed by atoms with Crippen molar-refractivity contribution in [1.29, 1.82) is 5.26 Å². The molecule has 0 radical (unpaired) electrons. The first-order valence-corrected chi connectivity index (χ1v) is 6.10. The summed E-state index contributed by atoms with van der Waals surface area (Å²) in [6.07, 6.45) is 5.44. The Morgan fingerprint density at radius 3 is 3.29 bits per heavy atom. The number of nitrogens with zero attached hydrogens (tertiary/aromatic N) is 3. The van der Waals surface area contributed by atoms with Gasteiger partial charge >= 0.3 is 0 Å². The van der Waals surface area contributed by atoms with Gasteiger partial charge in [0.05, 0.1) is 12.5 Å². The van der Waals surface area contributed by atoms with Gasteiger partial charge in [0, 0.05) is 31.5 Å². The van der Waals surface area contributed by atoms with Crippen molar-refractivity contribution >= 4 is 0 Å². The maximum atomic E-state index is 8.77. The van der Waals surface area contributed by atoms with E-state index in [4.69, 9.17) is 5.26 Å². The van der Waals surface area contributed by atoms with Crippen molar-refractivity contribution in [3.05, 3.63) is 30.1 Å². The molecule has 1 N–H and O–H groups in total. The first kappa shape index (κ1) is 12.0. The van der Waals surface area contributed by atoms with Crippen molar-refractivity contribution in [1.82, 2.24) is 15.2 Å². The summed E-state index contributed by atoms with van der Waals surface area (Å²) in [5.41, 5.74) is 1.24. The minimum absolute atomic E-state index is 0.305. The van der Waals surface area contributed by atoms with Crippen LogP contribution in [-0.4, -0.2) is 35.6 Å². The molecule has 0 aliphatic carbocycles. The van der Waals surface area contributed by atoms with E-state index in [1.165, 1.54) is 5.56 Å². The summed E-state index contributed by atoms with van der Waals surface area (Å²) in [5, 5.41) is 12.2. The lowest BCUT2D eigenvalue weighted by molar-refractivity contribution is 0.260. The zero-order valence-corrected chi connectivity index (χ0v) is 9.97. The third-order valence-electron chi connectivity index (χ3n) is 3.03. The lowest BCUT2D eigenvalue weighted by Crippen LogP contribution is -2.37. The lowest BCUT2D eigenvalue weighted by atomic mass is 10.2. The first-order chi connectivity index (χ1) is 8.38. The normalized spacial score (nSPS) is 21.7. The SMILES string of the molecule is N#CCC1CN(Cc2cccnc2)CCCN1. The van der Waals surface area contributed by atoms with Crippen LogP contribution in [-0.2, 0) is 6.54 Å². The number of aromatic nitrogens is 1. The number of hydrogen-bond acceptors (Lipinski definition) is 4. The molecule has 0 saturated carbocycles. The van der Waals surface area contributed by atoms with Crippen molar-refractivity contribution < 1.29 is 0 Å². The van der Waals surface area contributed by atoms with Gasteiger partial charge in [0.15, 0.2) is 0 Å². The lowest BCUT2D eigenvalue weighted by Gasteiger charge is -2.22. The van der Waals surface area contributed by atoms with Crippen LogP contribution >= 0.6 is 0 Å². The smallest absolute Gasteiger partial charge is 0.0638 e. The second-order valence-corrected chi connectivity index (χ2v) is 4.46. The number of nitrogens with one attached hydrogen (secondary N) is 1. The molecule has 1 atom stereocenters. The molecule has 0 spiro atoms. The van der Waals surface area contributed by atoms with Gasteiger partial charge in [-0.25, -0.2) is 0 Å². The maximum absolute atomic E-state index is 8.77. The molecule has 2 heterocycles. The molecular weight excluding hydrogens is 212 g/mol. The Balaban J connectivity index is 1.93. The largest absolute Gasteiger partial charge is 0.312 e. The fourth-order valence-corrected chi connectivity index (χ4v) is 2.22. The Labute approximate surface area is 102 Å². The molecule has 90 valence electrons. The number of nitriles is 1. The zero-order chi connectivity index (χ0) is 11.9. The van der Waals surface area contributed by atoms with Gasteiger partial charge in [-0.05, 0) is 31.1 Å². The highest BCUT2D eigenvalue weighted by Crippen LogP contribution is 2.08. The summed E-state index contributed by atoms with van der Waals surface area (Å²) < 4.78 is 0. The third kappa shape index (κ3) is 3.81. The molecule has 1 fully saturated rings. The van der Waals surface area contributed by atoms with Crippen molar-refractivity contribution in [3.63, 3.8) is 0 Å². The third-order valence-corrected chi connectivity index (χ3v) is 3.03. The van der Waals surface area contributed by atoms with Crippen LogP contribution in [0.4, 0.5) is 0 Å². The van der Waals surface area contributed by atoms with Crippen LogP contribution in [0, 0.1) is 11.3 Å². The monoisotopic (exact) mass is 230 g/mol. The maximum Gasteiger partial charge on any atom is 0.0638 e. The summed E-state index contributed by atoms with van der Waals surface area (Å²) in [5.74, 6) is 0. The zero-order valence-electron chi connectivity index (χ0n) is 9.97. The van der Waals surface area contributed by atoms with E-state index in [1.54, 1.807) is 6.20 Å². The topological polar surface area (TPSA) is 52.0 Å². The van der Waals surface area contributed by atoms with Crippen molar-refractivity contribution in [3.8, 4) is 6.07 Å². The first-order valence-electron chi connectivity index (χ1n) is 6.10. The van der Waals surface area contributed by atoms with Gasteiger partial charge in [0.25, 0.3) is 0 Å². The predicted molar refractivity (Wildman–Crippen MR) is 66.2 cm³/mol. The van der Waals surface area contributed by atoms with Crippen molar-refractivity contribution in [2.45, 2.75) is 25.4 Å². The molecule has 0 bridgehead atoms. The van der Waals surface area contributed by atoms with Gasteiger partial charge in [-0.2, -0.15) is 5.26 Å². The summed E-state index contributed by atoms with van der Waals surface area (Å²) in [6, 6.07) is 6.63. The second-order valence-electron chi connectivity index (χ2n) is 4.46. The number of rotatable bonds is 3. The average Bonchev–Trinajstić information content (AvgIpc) is 2.56. The van der Waals surface area contributed by atoms with E-state index < -0.39 is 0 Å². The van der Waals surface area contributed by atoms with Crippen LogP contribution in [0.5, 0.6) is 0 Å². The molecule has 0 amide bonds. The fraction of sp³-hybridized carbons (Fsp3) is 0.538. The molecular formula is C13H18N4. The summed E-state index contributed by atoms with van der Waals surface area (Å²) in [4.78, 5) is 6.54. The highest BCUT2D eigenvalue weighted by atomic mass is 15.2. The molecule has 1 aromatic rings. The van der Waals surface area contributed by atoms with Crippen LogP contribution in [0.15, 0.2) is 24.5 Å². The van der Waals surface area contributed by atoms with Gasteiger partial charge in [-0.3, -0.25) is 9.88 Å². The molecule has 1 aliphatic heterocycles. The molecule has 1 aromatic heterocycles. The molecule has 1 aliphatic rings. The standard InChI is InChI=1S/C13H18N4/c14-5-4-13-11-17(8-2-7-16-13)10-12-3-1-6-15-9-12/h1,3,6,9,13,16H,2,4,7-8,10-11H2. The molecule has 0 aromatic carbocycles. The van der Waals surface area contributed by atoms with Gasteiger partial charge in [0.2, 0.25) is 0 Å². The quantitative estimate of drug-likeness (QED) is 0.846. The van der Waals surface area contributed by atoms with E-state index in [2.05, 4.69) is 27.3 Å². The van der Waals surface area contributed by atoms with E-state index in [0.29, 0.717) is 12.5 Å². The second kappa shape index (κ2) is 6.33. The van der Waals surface area contributed by atoms with E-state index in [9.17, 15) is 0 Å². The van der Waals surface area contributed by atoms with Crippen LogP contribution in [0.3, 0.4) is 0 Å². The van der Waals surface area contributed by atoms with Crippen molar-refractivity contribution in [2.24, 2.45) is 0 Å². The van der Waals surface area contributed by atoms with Crippen LogP contribution in [0.25, 0.3) is 0 Å². The Hall–Kier alpha value is -1.44. The highest BCUT2D eigenvalue weighted by Gasteiger charge is 2.17. The van der Waals surface area contributed by atoms with Gasteiger partial charge in [0.1, 0.15) is 0 Å². The molecule has 2 rings (SSSR count). The van der Waals surface area contributed by atoms with Gasteiger partial charge in [-0.15, -0.1) is 0 Å². The minimum atomic E-state index is 0.305. The Morgan fingerprint density at radius 1 is 1.59 bits per heavy atom. The van der Waals surface area contributed by atoms with E-state index in [0.717, 1.165) is 32.6 Å². The number of pyridine rings is 1. The predicted octanol–water partition coefficient (Wildman–Crippen LogP) is 1.16. The van der Waals surface area contributed by atoms with Gasteiger partial charge < -0.3 is 5.32 Å². The molecule has 1 unspecified atom stereocenters. The van der Waals surface area contributed by atoms with E-state index in [1.807, 2.05) is 12.3 Å². The summed E-state index contributed by atoms with van der Waals surface area (Å²) >= 11 is 0. The molecule has 1 saturated heterocycles. The summed E-state index contributed by atoms with van der Waals surface area (Å²) in [7, 11) is 0. The fourth-order valence-electron chi connectivity index (χ4n) is 2.22. The minimum Gasteiger partial charge on any atom is -0.312 e.